The van der Waals surface area contributed by atoms with Crippen LogP contribution in [0.1, 0.15) is 29.5 Å². The molecule has 4 nitrogen and oxygen atoms in total. The van der Waals surface area contributed by atoms with E-state index in [1.165, 1.54) is 25.1 Å². The van der Waals surface area contributed by atoms with Gasteiger partial charge in [0.05, 0.1) is 0 Å². The molecule has 0 amide bonds. The Morgan fingerprint density at radius 3 is 2.41 bits per heavy atom. The summed E-state index contributed by atoms with van der Waals surface area (Å²) in [7, 11) is 0. The molecule has 0 heterocycles. The van der Waals surface area contributed by atoms with Crippen LogP contribution in [-0.4, -0.2) is 22.0 Å². The topological polar surface area (TPSA) is 74.6 Å². The number of hydrogen-bond acceptors (Lipinski definition) is 3. The second-order valence-corrected chi connectivity index (χ2v) is 4.30. The fourth-order valence-corrected chi connectivity index (χ4v) is 1.99. The summed E-state index contributed by atoms with van der Waals surface area (Å²) in [4.78, 5) is 22.0. The molecule has 2 atom stereocenters. The molecule has 1 rings (SSSR count). The minimum Gasteiger partial charge on any atom is -0.479 e. The highest BCUT2D eigenvalue weighted by Gasteiger charge is 2.26. The van der Waals surface area contributed by atoms with Gasteiger partial charge in [0.2, 0.25) is 0 Å². The van der Waals surface area contributed by atoms with Crippen molar-refractivity contribution in [1.29, 1.82) is 0 Å². The quantitative estimate of drug-likeness (QED) is 0.828. The average molecular weight is 277 g/mol. The molecule has 2 N–H and O–H groups in total. The minimum absolute atomic E-state index is 0.0280. The number of Topliss-reactive ketones (excluding diaryl/α,β-unsaturated/α-hetero) is 1. The lowest BCUT2D eigenvalue weighted by atomic mass is 9.98. The van der Waals surface area contributed by atoms with Gasteiger partial charge in [-0.3, -0.25) is 4.79 Å². The van der Waals surface area contributed by atoms with Crippen LogP contribution < -0.4 is 0 Å². The highest BCUT2D eigenvalue weighted by Crippen LogP contribution is 2.34. The Bertz CT molecular complexity index is 459. The van der Waals surface area contributed by atoms with Crippen molar-refractivity contribution in [3.8, 4) is 0 Å². The first-order valence-corrected chi connectivity index (χ1v) is 5.51. The lowest BCUT2D eigenvalue weighted by molar-refractivity contribution is -0.147. The maximum absolute atomic E-state index is 11.2. The van der Waals surface area contributed by atoms with Gasteiger partial charge in [-0.25, -0.2) is 4.79 Å². The lowest BCUT2D eigenvalue weighted by Gasteiger charge is -2.16. The number of alkyl halides is 1. The van der Waals surface area contributed by atoms with E-state index in [1.807, 2.05) is 0 Å². The number of aliphatic carboxylic acids is 1. The van der Waals surface area contributed by atoms with E-state index >= 15 is 0 Å². The summed E-state index contributed by atoms with van der Waals surface area (Å²) in [5, 5.41) is 17.3. The molecule has 6 heteroatoms. The molecular formula is C11H10Cl2O4. The van der Waals surface area contributed by atoms with Gasteiger partial charge in [0, 0.05) is 10.6 Å². The monoisotopic (exact) mass is 276 g/mol. The first-order valence-electron chi connectivity index (χ1n) is 4.70. The average Bonchev–Trinajstić information content (AvgIpc) is 2.26. The van der Waals surface area contributed by atoms with E-state index in [0.29, 0.717) is 0 Å². The largest absolute Gasteiger partial charge is 0.479 e. The maximum Gasteiger partial charge on any atom is 0.337 e. The van der Waals surface area contributed by atoms with E-state index in [0.717, 1.165) is 0 Å². The van der Waals surface area contributed by atoms with E-state index in [-0.39, 0.29) is 21.9 Å². The zero-order valence-corrected chi connectivity index (χ0v) is 10.4. The fraction of sp³-hybridized carbons (Fsp3) is 0.273. The number of halogens is 2. The predicted octanol–water partition coefficient (Wildman–Crippen LogP) is 2.33. The number of rotatable bonds is 4. The van der Waals surface area contributed by atoms with Gasteiger partial charge in [-0.2, -0.15) is 0 Å². The highest BCUT2D eigenvalue weighted by molar-refractivity contribution is 6.36. The number of carbonyl (C=O) groups is 2. The Kier molecular flexibility index (Phi) is 4.51. The molecule has 0 aliphatic rings. The summed E-state index contributed by atoms with van der Waals surface area (Å²) in [5.74, 6) is -1.81. The first kappa shape index (κ1) is 14.0. The van der Waals surface area contributed by atoms with Crippen molar-refractivity contribution in [2.45, 2.75) is 18.4 Å². The van der Waals surface area contributed by atoms with Crippen LogP contribution in [0.4, 0.5) is 0 Å². The molecular weight excluding hydrogens is 267 g/mol. The minimum atomic E-state index is -1.76. The Morgan fingerprint density at radius 2 is 1.94 bits per heavy atom. The number of carbonyl (C=O) groups excluding carboxylic acids is 1. The van der Waals surface area contributed by atoms with Gasteiger partial charge < -0.3 is 10.2 Å². The standard InChI is InChI=1S/C11H10Cl2O4/c1-5(14)9(13)8-6(10(15)11(16)17)3-2-4-7(8)12/h2-4,9-10,15H,1H3,(H,16,17). The van der Waals surface area contributed by atoms with Crippen LogP contribution in [0, 0.1) is 0 Å². The number of carboxylic acid groups (broad SMARTS) is 1. The molecule has 1 aromatic carbocycles. The van der Waals surface area contributed by atoms with Crippen LogP contribution in [0.3, 0.4) is 0 Å². The molecule has 92 valence electrons. The molecule has 0 fully saturated rings. The second kappa shape index (κ2) is 5.49. The van der Waals surface area contributed by atoms with Crippen LogP contribution >= 0.6 is 23.2 Å². The zero-order chi connectivity index (χ0) is 13.2. The lowest BCUT2D eigenvalue weighted by Crippen LogP contribution is -2.15. The fourth-order valence-electron chi connectivity index (χ4n) is 1.40. The van der Waals surface area contributed by atoms with Crippen LogP contribution in [0.15, 0.2) is 18.2 Å². The van der Waals surface area contributed by atoms with Crippen LogP contribution in [0.25, 0.3) is 0 Å². The molecule has 17 heavy (non-hydrogen) atoms. The van der Waals surface area contributed by atoms with Crippen molar-refractivity contribution < 1.29 is 19.8 Å². The van der Waals surface area contributed by atoms with Crippen LogP contribution in [0.5, 0.6) is 0 Å². The Morgan fingerprint density at radius 1 is 1.35 bits per heavy atom. The molecule has 0 aliphatic heterocycles. The molecule has 0 aromatic heterocycles. The number of aliphatic hydroxyl groups excluding tert-OH is 1. The van der Waals surface area contributed by atoms with Crippen molar-refractivity contribution in [3.63, 3.8) is 0 Å². The van der Waals surface area contributed by atoms with E-state index in [9.17, 15) is 14.7 Å². The number of hydrogen-bond donors (Lipinski definition) is 2. The van der Waals surface area contributed by atoms with Crippen molar-refractivity contribution in [1.82, 2.24) is 0 Å². The Labute approximate surface area is 108 Å². The summed E-state index contributed by atoms with van der Waals surface area (Å²) < 4.78 is 0. The predicted molar refractivity (Wildman–Crippen MR) is 63.3 cm³/mol. The van der Waals surface area contributed by atoms with Gasteiger partial charge >= 0.3 is 5.97 Å². The van der Waals surface area contributed by atoms with Gasteiger partial charge in [0.15, 0.2) is 11.9 Å². The van der Waals surface area contributed by atoms with Crippen LogP contribution in [0.2, 0.25) is 5.02 Å². The molecule has 0 bridgehead atoms. The van der Waals surface area contributed by atoms with E-state index in [1.54, 1.807) is 0 Å². The third-order valence-corrected chi connectivity index (χ3v) is 3.08. The Balaban J connectivity index is 3.36. The normalized spacial score (nSPS) is 14.1. The summed E-state index contributed by atoms with van der Waals surface area (Å²) in [5.41, 5.74) is 0.165. The second-order valence-electron chi connectivity index (χ2n) is 3.46. The van der Waals surface area contributed by atoms with Gasteiger partial charge in [-0.05, 0) is 18.6 Å². The summed E-state index contributed by atoms with van der Waals surface area (Å²) >= 11 is 11.7. The van der Waals surface area contributed by atoms with Crippen molar-refractivity contribution in [3.05, 3.63) is 34.3 Å². The number of benzene rings is 1. The van der Waals surface area contributed by atoms with E-state index in [4.69, 9.17) is 28.3 Å². The maximum atomic E-state index is 11.2. The molecule has 2 unspecified atom stereocenters. The molecule has 0 saturated carbocycles. The van der Waals surface area contributed by atoms with Gasteiger partial charge in [-0.1, -0.05) is 23.7 Å². The third kappa shape index (κ3) is 2.97. The van der Waals surface area contributed by atoms with Gasteiger partial charge in [0.1, 0.15) is 5.38 Å². The van der Waals surface area contributed by atoms with E-state index < -0.39 is 17.5 Å². The van der Waals surface area contributed by atoms with Gasteiger partial charge in [-0.15, -0.1) is 11.6 Å². The number of ketones is 1. The van der Waals surface area contributed by atoms with Crippen molar-refractivity contribution >= 4 is 35.0 Å². The molecule has 0 spiro atoms. The Hall–Kier alpha value is -1.10. The third-order valence-electron chi connectivity index (χ3n) is 2.23. The highest BCUT2D eigenvalue weighted by atomic mass is 35.5. The summed E-state index contributed by atoms with van der Waals surface area (Å²) in [6, 6.07) is 4.34. The van der Waals surface area contributed by atoms with Crippen molar-refractivity contribution in [2.75, 3.05) is 0 Å². The smallest absolute Gasteiger partial charge is 0.337 e. The zero-order valence-electron chi connectivity index (χ0n) is 8.85. The number of carboxylic acids is 1. The van der Waals surface area contributed by atoms with Crippen LogP contribution in [-0.2, 0) is 9.59 Å². The molecule has 0 saturated heterocycles. The molecule has 0 aliphatic carbocycles. The summed E-state index contributed by atoms with van der Waals surface area (Å²) in [6.07, 6.45) is -1.76. The summed E-state index contributed by atoms with van der Waals surface area (Å²) in [6.45, 7) is 1.26. The molecule has 1 aromatic rings. The first-order chi connectivity index (χ1) is 7.86. The SMILES string of the molecule is CC(=O)C(Cl)c1c(Cl)cccc1C(O)C(=O)O. The van der Waals surface area contributed by atoms with E-state index in [2.05, 4.69) is 0 Å². The van der Waals surface area contributed by atoms with Crippen molar-refractivity contribution in [2.24, 2.45) is 0 Å². The number of aliphatic hydroxyl groups is 1. The van der Waals surface area contributed by atoms with Gasteiger partial charge in [0.25, 0.3) is 0 Å². The molecule has 0 radical (unpaired) electrons.